The Morgan fingerprint density at radius 3 is 3.20 bits per heavy atom. The molecule has 1 unspecified atom stereocenters. The number of halogens is 1. The lowest BCUT2D eigenvalue weighted by Crippen LogP contribution is -2.25. The molecule has 1 amide bonds. The maximum absolute atomic E-state index is 11.6. The number of carbonyl (C=O) groups is 1. The van der Waals surface area contributed by atoms with Crippen molar-refractivity contribution in [3.8, 4) is 0 Å². The topological polar surface area (TPSA) is 29.1 Å². The van der Waals surface area contributed by atoms with E-state index in [2.05, 4.69) is 5.32 Å². The molecule has 0 fully saturated rings. The zero-order valence-corrected chi connectivity index (χ0v) is 6.16. The molecule has 56 valence electrons. The van der Waals surface area contributed by atoms with Crippen LogP contribution in [0.15, 0.2) is 11.5 Å². The van der Waals surface area contributed by atoms with Gasteiger partial charge in [-0.25, -0.2) is 4.79 Å². The Kier molecular flexibility index (Phi) is 2.74. The SMILES string of the molecule is O=C(F)NCC1CC=CS1. The van der Waals surface area contributed by atoms with Crippen molar-refractivity contribution in [3.63, 3.8) is 0 Å². The fourth-order valence-electron chi connectivity index (χ4n) is 0.755. The minimum atomic E-state index is -1.44. The van der Waals surface area contributed by atoms with Crippen LogP contribution < -0.4 is 5.32 Å². The highest BCUT2D eigenvalue weighted by atomic mass is 32.2. The molecule has 0 aromatic heterocycles. The average Bonchev–Trinajstić information content (AvgIpc) is 2.34. The molecule has 0 aromatic carbocycles. The maximum Gasteiger partial charge on any atom is 0.397 e. The first kappa shape index (κ1) is 7.60. The van der Waals surface area contributed by atoms with E-state index in [9.17, 15) is 9.18 Å². The highest BCUT2D eigenvalue weighted by molar-refractivity contribution is 8.03. The van der Waals surface area contributed by atoms with E-state index in [4.69, 9.17) is 0 Å². The molecule has 0 saturated heterocycles. The molecular weight excluding hydrogens is 153 g/mol. The monoisotopic (exact) mass is 161 g/mol. The quantitative estimate of drug-likeness (QED) is 0.493. The molecule has 1 aliphatic heterocycles. The average molecular weight is 161 g/mol. The third kappa shape index (κ3) is 2.39. The summed E-state index contributed by atoms with van der Waals surface area (Å²) in [7, 11) is 0. The van der Waals surface area contributed by atoms with Crippen LogP contribution in [0.25, 0.3) is 0 Å². The number of hydrogen-bond donors (Lipinski definition) is 1. The zero-order chi connectivity index (χ0) is 7.40. The van der Waals surface area contributed by atoms with E-state index in [0.717, 1.165) is 6.42 Å². The summed E-state index contributed by atoms with van der Waals surface area (Å²) >= 11 is 1.62. The van der Waals surface area contributed by atoms with Gasteiger partial charge < -0.3 is 5.32 Å². The summed E-state index contributed by atoms with van der Waals surface area (Å²) in [4.78, 5) is 9.79. The third-order valence-electron chi connectivity index (χ3n) is 1.23. The largest absolute Gasteiger partial charge is 0.397 e. The van der Waals surface area contributed by atoms with Crippen molar-refractivity contribution in [2.24, 2.45) is 0 Å². The molecule has 0 radical (unpaired) electrons. The van der Waals surface area contributed by atoms with Crippen LogP contribution in [0.2, 0.25) is 0 Å². The van der Waals surface area contributed by atoms with Gasteiger partial charge in [0.25, 0.3) is 0 Å². The lowest BCUT2D eigenvalue weighted by Gasteiger charge is -2.05. The van der Waals surface area contributed by atoms with Crippen LogP contribution in [0.5, 0.6) is 0 Å². The van der Waals surface area contributed by atoms with E-state index >= 15 is 0 Å². The van der Waals surface area contributed by atoms with Gasteiger partial charge in [0.2, 0.25) is 0 Å². The first-order valence-corrected chi connectivity index (χ1v) is 3.97. The van der Waals surface area contributed by atoms with Gasteiger partial charge in [0.1, 0.15) is 0 Å². The van der Waals surface area contributed by atoms with E-state index in [1.54, 1.807) is 11.8 Å². The normalized spacial score (nSPS) is 23.1. The molecule has 0 aliphatic carbocycles. The van der Waals surface area contributed by atoms with Gasteiger partial charge in [0, 0.05) is 11.8 Å². The molecule has 0 aromatic rings. The molecule has 0 bridgehead atoms. The number of amides is 1. The summed E-state index contributed by atoms with van der Waals surface area (Å²) in [5, 5.41) is 4.42. The minimum absolute atomic E-state index is 0.333. The molecule has 10 heavy (non-hydrogen) atoms. The standard InChI is InChI=1S/C6H8FNOS/c7-6(9)8-4-5-2-1-3-10-5/h1,3,5H,2,4H2,(H,8,9). The molecule has 1 atom stereocenters. The van der Waals surface area contributed by atoms with Crippen molar-refractivity contribution < 1.29 is 9.18 Å². The predicted molar refractivity (Wildman–Crippen MR) is 39.6 cm³/mol. The summed E-state index contributed by atoms with van der Waals surface area (Å²) in [6.45, 7) is 0.424. The fraction of sp³-hybridized carbons (Fsp3) is 0.500. The minimum Gasteiger partial charge on any atom is -0.327 e. The van der Waals surface area contributed by atoms with Crippen molar-refractivity contribution >= 4 is 17.9 Å². The number of carbonyl (C=O) groups excluding carboxylic acids is 1. The number of allylic oxidation sites excluding steroid dienone is 1. The second kappa shape index (κ2) is 3.61. The van der Waals surface area contributed by atoms with Crippen LogP contribution in [0.4, 0.5) is 9.18 Å². The Morgan fingerprint density at radius 1 is 1.90 bits per heavy atom. The van der Waals surface area contributed by atoms with Crippen molar-refractivity contribution in [3.05, 3.63) is 11.5 Å². The summed E-state index contributed by atoms with van der Waals surface area (Å²) in [6.07, 6.45) is 1.50. The smallest absolute Gasteiger partial charge is 0.327 e. The highest BCUT2D eigenvalue weighted by Gasteiger charge is 2.11. The van der Waals surface area contributed by atoms with Crippen LogP contribution >= 0.6 is 11.8 Å². The van der Waals surface area contributed by atoms with E-state index in [1.165, 1.54) is 0 Å². The fourth-order valence-corrected chi connectivity index (χ4v) is 1.60. The number of rotatable bonds is 2. The van der Waals surface area contributed by atoms with Crippen LogP contribution in [0.3, 0.4) is 0 Å². The second-order valence-electron chi connectivity index (χ2n) is 2.02. The summed E-state index contributed by atoms with van der Waals surface area (Å²) in [6, 6.07) is 0. The van der Waals surface area contributed by atoms with Crippen molar-refractivity contribution in [2.75, 3.05) is 6.54 Å². The van der Waals surface area contributed by atoms with Gasteiger partial charge in [0.05, 0.1) is 0 Å². The van der Waals surface area contributed by atoms with E-state index in [-0.39, 0.29) is 0 Å². The Hall–Kier alpha value is -0.510. The zero-order valence-electron chi connectivity index (χ0n) is 5.34. The highest BCUT2D eigenvalue weighted by Crippen LogP contribution is 2.22. The second-order valence-corrected chi connectivity index (χ2v) is 3.23. The predicted octanol–water partition coefficient (Wildman–Crippen LogP) is 1.68. The van der Waals surface area contributed by atoms with Gasteiger partial charge in [0.15, 0.2) is 0 Å². The van der Waals surface area contributed by atoms with E-state index < -0.39 is 6.16 Å². The van der Waals surface area contributed by atoms with E-state index in [1.807, 2.05) is 11.5 Å². The molecule has 4 heteroatoms. The first-order valence-electron chi connectivity index (χ1n) is 3.03. The van der Waals surface area contributed by atoms with Crippen molar-refractivity contribution in [1.82, 2.24) is 5.32 Å². The van der Waals surface area contributed by atoms with Crippen LogP contribution in [0, 0.1) is 0 Å². The Bertz CT molecular complexity index is 152. The van der Waals surface area contributed by atoms with Gasteiger partial charge in [-0.15, -0.1) is 16.2 Å². The first-order chi connectivity index (χ1) is 4.79. The van der Waals surface area contributed by atoms with Gasteiger partial charge in [-0.1, -0.05) is 6.08 Å². The van der Waals surface area contributed by atoms with Gasteiger partial charge >= 0.3 is 6.16 Å². The number of hydrogen-bond acceptors (Lipinski definition) is 2. The molecule has 1 N–H and O–H groups in total. The molecule has 2 nitrogen and oxygen atoms in total. The van der Waals surface area contributed by atoms with Crippen LogP contribution in [0.1, 0.15) is 6.42 Å². The molecular formula is C6H8FNOS. The van der Waals surface area contributed by atoms with Crippen molar-refractivity contribution in [1.29, 1.82) is 0 Å². The summed E-state index contributed by atoms with van der Waals surface area (Å²) in [5.41, 5.74) is 0. The van der Waals surface area contributed by atoms with Crippen LogP contribution in [-0.2, 0) is 0 Å². The number of thioether (sulfide) groups is 1. The lowest BCUT2D eigenvalue weighted by molar-refractivity contribution is 0.221. The lowest BCUT2D eigenvalue weighted by atomic mass is 10.3. The Balaban J connectivity index is 2.09. The van der Waals surface area contributed by atoms with Crippen LogP contribution in [-0.4, -0.2) is 18.0 Å². The van der Waals surface area contributed by atoms with Gasteiger partial charge in [-0.05, 0) is 11.8 Å². The molecule has 0 saturated carbocycles. The molecule has 1 rings (SSSR count). The summed E-state index contributed by atoms with van der Waals surface area (Å²) in [5.74, 6) is 0. The van der Waals surface area contributed by atoms with E-state index in [0.29, 0.717) is 11.8 Å². The Morgan fingerprint density at radius 2 is 2.70 bits per heavy atom. The Labute approximate surface area is 62.9 Å². The molecule has 1 heterocycles. The van der Waals surface area contributed by atoms with Gasteiger partial charge in [-0.2, -0.15) is 0 Å². The summed E-state index contributed by atoms with van der Waals surface area (Å²) < 4.78 is 11.6. The van der Waals surface area contributed by atoms with Gasteiger partial charge in [-0.3, -0.25) is 0 Å². The van der Waals surface area contributed by atoms with Crippen molar-refractivity contribution in [2.45, 2.75) is 11.7 Å². The maximum atomic E-state index is 11.6. The third-order valence-corrected chi connectivity index (χ3v) is 2.33. The molecule has 0 spiro atoms. The number of nitrogens with one attached hydrogen (secondary N) is 1. The molecule has 1 aliphatic rings.